The van der Waals surface area contributed by atoms with E-state index in [9.17, 15) is 0 Å². The predicted molar refractivity (Wildman–Crippen MR) is 157 cm³/mol. The van der Waals surface area contributed by atoms with E-state index in [0.29, 0.717) is 35.5 Å². The Morgan fingerprint density at radius 1 is 0.676 bits per heavy atom. The van der Waals surface area contributed by atoms with Crippen LogP contribution < -0.4 is 15.1 Å². The highest BCUT2D eigenvalue weighted by Gasteiger charge is 2.52. The maximum Gasteiger partial charge on any atom is 0.411 e. The predicted octanol–water partition coefficient (Wildman–Crippen LogP) is 7.21. The van der Waals surface area contributed by atoms with Gasteiger partial charge in [0.05, 0.1) is 19.3 Å². The molecule has 0 radical (unpaired) electrons. The van der Waals surface area contributed by atoms with Gasteiger partial charge >= 0.3 is 8.56 Å². The van der Waals surface area contributed by atoms with Crippen molar-refractivity contribution in [2.24, 2.45) is 35.5 Å². The van der Waals surface area contributed by atoms with Crippen molar-refractivity contribution in [2.45, 2.75) is 92.3 Å². The van der Waals surface area contributed by atoms with Crippen molar-refractivity contribution in [3.8, 4) is 5.75 Å². The molecule has 2 aliphatic rings. The summed E-state index contributed by atoms with van der Waals surface area (Å²) < 4.78 is 21.3. The van der Waals surface area contributed by atoms with Gasteiger partial charge in [0.2, 0.25) is 0 Å². The van der Waals surface area contributed by atoms with Crippen LogP contribution in [-0.4, -0.2) is 27.9 Å². The number of methoxy groups -OCH3 is 1. The van der Waals surface area contributed by atoms with Crippen molar-refractivity contribution in [1.82, 2.24) is 0 Å². The Bertz CT molecular complexity index is 941. The summed E-state index contributed by atoms with van der Waals surface area (Å²) in [5, 5.41) is 2.31. The van der Waals surface area contributed by atoms with Crippen LogP contribution in [0, 0.1) is 35.5 Å². The van der Waals surface area contributed by atoms with E-state index in [0.717, 1.165) is 23.8 Å². The molecule has 204 valence electrons. The van der Waals surface area contributed by atoms with Gasteiger partial charge in [0, 0.05) is 5.19 Å². The van der Waals surface area contributed by atoms with Crippen LogP contribution >= 0.6 is 0 Å². The molecule has 0 saturated heterocycles. The van der Waals surface area contributed by atoms with Crippen molar-refractivity contribution in [3.05, 3.63) is 54.6 Å². The molecule has 4 rings (SSSR count). The van der Waals surface area contributed by atoms with Gasteiger partial charge < -0.3 is 13.6 Å². The standard InChI is InChI=1S/C33H50O3Si/c1-23(2)28-19-17-25(5)21-31(28)35-37(27-13-9-8-10-14-27,33-16-12-11-15-30(33)34-7)36-32-22-26(6)18-20-29(32)24(3)4/h8-16,23-26,28-29,31-32H,17-22H2,1-7H3/t25-,26-,28+,29+,31-,32-/m1/s1. The maximum absolute atomic E-state index is 7.64. The summed E-state index contributed by atoms with van der Waals surface area (Å²) in [6.45, 7) is 14.2. The number of hydrogen-bond acceptors (Lipinski definition) is 3. The van der Waals surface area contributed by atoms with Gasteiger partial charge in [-0.25, -0.2) is 0 Å². The summed E-state index contributed by atoms with van der Waals surface area (Å²) in [5.74, 6) is 4.45. The van der Waals surface area contributed by atoms with Crippen LogP contribution in [0.15, 0.2) is 54.6 Å². The van der Waals surface area contributed by atoms with Crippen LogP contribution in [0.3, 0.4) is 0 Å². The highest BCUT2D eigenvalue weighted by atomic mass is 28.4. The Labute approximate surface area is 227 Å². The fourth-order valence-corrected chi connectivity index (χ4v) is 10.7. The summed E-state index contributed by atoms with van der Waals surface area (Å²) in [4.78, 5) is 0. The fraction of sp³-hybridized carbons (Fsp3) is 0.636. The second-order valence-corrected chi connectivity index (χ2v) is 15.5. The van der Waals surface area contributed by atoms with E-state index in [2.05, 4.69) is 96.1 Å². The third-order valence-corrected chi connectivity index (χ3v) is 12.7. The van der Waals surface area contributed by atoms with Crippen molar-refractivity contribution in [2.75, 3.05) is 7.11 Å². The van der Waals surface area contributed by atoms with Gasteiger partial charge in [-0.15, -0.1) is 0 Å². The van der Waals surface area contributed by atoms with E-state index < -0.39 is 8.56 Å². The normalized spacial score (nSPS) is 29.0. The van der Waals surface area contributed by atoms with Gasteiger partial charge in [-0.3, -0.25) is 0 Å². The minimum Gasteiger partial charge on any atom is -0.497 e. The van der Waals surface area contributed by atoms with Crippen molar-refractivity contribution in [1.29, 1.82) is 0 Å². The molecule has 37 heavy (non-hydrogen) atoms. The molecular formula is C33H50O3Si. The van der Waals surface area contributed by atoms with Crippen LogP contribution in [0.5, 0.6) is 5.75 Å². The molecule has 2 fully saturated rings. The average Bonchev–Trinajstić information content (AvgIpc) is 2.88. The molecule has 0 heterocycles. The fourth-order valence-electron chi connectivity index (χ4n) is 6.95. The van der Waals surface area contributed by atoms with Crippen LogP contribution in [0.25, 0.3) is 0 Å². The Morgan fingerprint density at radius 3 is 1.65 bits per heavy atom. The molecule has 0 aromatic heterocycles. The van der Waals surface area contributed by atoms with Crippen molar-refractivity contribution < 1.29 is 13.6 Å². The third kappa shape index (κ3) is 6.34. The average molecular weight is 523 g/mol. The SMILES string of the molecule is COc1ccccc1[Si](O[C@@H]1C[C@H](C)CC[C@H]1C(C)C)(O[C@@H]1C[C@H](C)CC[C@H]1C(C)C)c1ccccc1. The first-order valence-corrected chi connectivity index (χ1v) is 16.6. The number of para-hydroxylation sites is 1. The first-order chi connectivity index (χ1) is 17.7. The van der Waals surface area contributed by atoms with Crippen LogP contribution in [0.2, 0.25) is 0 Å². The molecule has 0 amide bonds. The van der Waals surface area contributed by atoms with Crippen LogP contribution in [0.4, 0.5) is 0 Å². The molecule has 2 aromatic carbocycles. The molecule has 0 bridgehead atoms. The molecule has 2 saturated carbocycles. The van der Waals surface area contributed by atoms with E-state index >= 15 is 0 Å². The molecule has 6 atom stereocenters. The molecule has 2 aromatic rings. The second-order valence-electron chi connectivity index (χ2n) is 12.6. The van der Waals surface area contributed by atoms with E-state index in [1.165, 1.54) is 30.9 Å². The van der Waals surface area contributed by atoms with E-state index in [4.69, 9.17) is 13.6 Å². The van der Waals surface area contributed by atoms with Gasteiger partial charge in [0.15, 0.2) is 0 Å². The molecule has 2 aliphatic carbocycles. The number of ether oxygens (including phenoxy) is 1. The van der Waals surface area contributed by atoms with Crippen LogP contribution in [0.1, 0.15) is 80.1 Å². The first-order valence-electron chi connectivity index (χ1n) is 14.8. The van der Waals surface area contributed by atoms with E-state index in [1.807, 2.05) is 0 Å². The third-order valence-electron chi connectivity index (χ3n) is 9.17. The quantitative estimate of drug-likeness (QED) is 0.326. The summed E-state index contributed by atoms with van der Waals surface area (Å²) in [6.07, 6.45) is 7.57. The molecule has 0 N–H and O–H groups in total. The molecule has 3 nitrogen and oxygen atoms in total. The Hall–Kier alpha value is -1.62. The minimum absolute atomic E-state index is 0.180. The molecule has 0 spiro atoms. The number of rotatable bonds is 9. The van der Waals surface area contributed by atoms with E-state index in [-0.39, 0.29) is 12.2 Å². The molecule has 0 unspecified atom stereocenters. The van der Waals surface area contributed by atoms with Gasteiger partial charge in [0.25, 0.3) is 0 Å². The lowest BCUT2D eigenvalue weighted by Gasteiger charge is -2.47. The summed E-state index contributed by atoms with van der Waals surface area (Å²) >= 11 is 0. The monoisotopic (exact) mass is 522 g/mol. The van der Waals surface area contributed by atoms with Gasteiger partial charge in [-0.2, -0.15) is 0 Å². The second kappa shape index (κ2) is 12.5. The first kappa shape index (κ1) is 28.4. The van der Waals surface area contributed by atoms with Gasteiger partial charge in [0.1, 0.15) is 5.75 Å². The van der Waals surface area contributed by atoms with Crippen molar-refractivity contribution in [3.63, 3.8) is 0 Å². The lowest BCUT2D eigenvalue weighted by molar-refractivity contribution is -0.0179. The van der Waals surface area contributed by atoms with Gasteiger partial charge in [-0.05, 0) is 72.4 Å². The van der Waals surface area contributed by atoms with Gasteiger partial charge in [-0.1, -0.05) is 103 Å². The highest BCUT2D eigenvalue weighted by Crippen LogP contribution is 2.40. The maximum atomic E-state index is 7.64. The molecular weight excluding hydrogens is 472 g/mol. The van der Waals surface area contributed by atoms with Crippen LogP contribution in [-0.2, 0) is 8.85 Å². The highest BCUT2D eigenvalue weighted by molar-refractivity contribution is 6.93. The zero-order valence-corrected chi connectivity index (χ0v) is 25.3. The topological polar surface area (TPSA) is 27.7 Å². The number of hydrogen-bond donors (Lipinski definition) is 0. The lowest BCUT2D eigenvalue weighted by atomic mass is 9.75. The zero-order chi connectivity index (χ0) is 26.6. The summed E-state index contributed by atoms with van der Waals surface area (Å²) in [6, 6.07) is 19.4. The Kier molecular flexibility index (Phi) is 9.58. The Morgan fingerprint density at radius 2 is 1.16 bits per heavy atom. The largest absolute Gasteiger partial charge is 0.497 e. The smallest absolute Gasteiger partial charge is 0.411 e. The Balaban J connectivity index is 1.89. The summed E-state index contributed by atoms with van der Waals surface area (Å²) in [5.41, 5.74) is 0. The van der Waals surface area contributed by atoms with Crippen molar-refractivity contribution >= 4 is 18.9 Å². The lowest BCUT2D eigenvalue weighted by Crippen LogP contribution is -2.68. The summed E-state index contributed by atoms with van der Waals surface area (Å²) in [7, 11) is -1.37. The van der Waals surface area contributed by atoms with E-state index in [1.54, 1.807) is 7.11 Å². The minimum atomic E-state index is -3.15. The number of benzene rings is 2. The molecule has 0 aliphatic heterocycles. The molecule has 4 heteroatoms. The zero-order valence-electron chi connectivity index (χ0n) is 24.3.